The Morgan fingerprint density at radius 3 is 2.44 bits per heavy atom. The lowest BCUT2D eigenvalue weighted by Gasteiger charge is -2.13. The molecule has 0 bridgehead atoms. The molecule has 0 atom stereocenters. The van der Waals surface area contributed by atoms with E-state index in [9.17, 15) is 9.90 Å². The van der Waals surface area contributed by atoms with E-state index in [1.165, 1.54) is 26.6 Å². The van der Waals surface area contributed by atoms with E-state index < -0.39 is 5.78 Å². The van der Waals surface area contributed by atoms with Crippen molar-refractivity contribution in [3.63, 3.8) is 0 Å². The van der Waals surface area contributed by atoms with Gasteiger partial charge in [-0.1, -0.05) is 29.8 Å². The zero-order chi connectivity index (χ0) is 18.0. The summed E-state index contributed by atoms with van der Waals surface area (Å²) >= 11 is 5.85. The number of aromatic hydroxyl groups is 1. The van der Waals surface area contributed by atoms with Gasteiger partial charge in [0.2, 0.25) is 5.75 Å². The van der Waals surface area contributed by atoms with Gasteiger partial charge in [-0.25, -0.2) is 0 Å². The monoisotopic (exact) mass is 358 g/mol. The van der Waals surface area contributed by atoms with E-state index in [1.807, 2.05) is 0 Å². The lowest BCUT2D eigenvalue weighted by molar-refractivity contribution is 0.104. The molecule has 0 aliphatic rings. The maximum Gasteiger partial charge on any atom is 0.205 e. The highest BCUT2D eigenvalue weighted by Gasteiger charge is 2.26. The van der Waals surface area contributed by atoms with Crippen LogP contribution < -0.4 is 9.47 Å². The SMILES string of the molecule is COc1c(C(=O)C=Cc2ccc(Cl)cc2)c(O)c(OC)c2occc12. The summed E-state index contributed by atoms with van der Waals surface area (Å²) < 4.78 is 15.9. The second-order valence-corrected chi connectivity index (χ2v) is 5.64. The van der Waals surface area contributed by atoms with Crippen LogP contribution in [0.3, 0.4) is 0 Å². The van der Waals surface area contributed by atoms with Crippen LogP contribution in [0.2, 0.25) is 5.02 Å². The normalized spacial score (nSPS) is 11.2. The molecule has 0 amide bonds. The standard InChI is InChI=1S/C19H15ClO5/c1-23-17-13-9-10-25-18(13)19(24-2)16(22)15(17)14(21)8-5-11-3-6-12(20)7-4-11/h3-10,22H,1-2H3. The smallest absolute Gasteiger partial charge is 0.205 e. The average Bonchev–Trinajstić information content (AvgIpc) is 3.09. The molecule has 0 saturated carbocycles. The van der Waals surface area contributed by atoms with Crippen LogP contribution in [0.5, 0.6) is 17.2 Å². The van der Waals surface area contributed by atoms with Gasteiger partial charge >= 0.3 is 0 Å². The molecule has 0 fully saturated rings. The van der Waals surface area contributed by atoms with Crippen molar-refractivity contribution in [3.05, 3.63) is 58.8 Å². The van der Waals surface area contributed by atoms with Crippen molar-refractivity contribution in [2.24, 2.45) is 0 Å². The van der Waals surface area contributed by atoms with Crippen LogP contribution in [-0.2, 0) is 0 Å². The number of phenols is 1. The fourth-order valence-corrected chi connectivity index (χ4v) is 2.71. The first-order chi connectivity index (χ1) is 12.1. The summed E-state index contributed by atoms with van der Waals surface area (Å²) in [6.07, 6.45) is 4.42. The number of rotatable bonds is 5. The van der Waals surface area contributed by atoms with E-state index in [0.29, 0.717) is 16.0 Å². The van der Waals surface area contributed by atoms with E-state index in [-0.39, 0.29) is 22.8 Å². The van der Waals surface area contributed by atoms with Crippen LogP contribution in [0.25, 0.3) is 17.0 Å². The number of allylic oxidation sites excluding steroid dienone is 1. The summed E-state index contributed by atoms with van der Waals surface area (Å²) in [7, 11) is 2.81. The van der Waals surface area contributed by atoms with Crippen LogP contribution in [0, 0.1) is 0 Å². The highest BCUT2D eigenvalue weighted by atomic mass is 35.5. The van der Waals surface area contributed by atoms with Crippen molar-refractivity contribution < 1.29 is 23.8 Å². The van der Waals surface area contributed by atoms with Gasteiger partial charge in [-0.3, -0.25) is 4.79 Å². The van der Waals surface area contributed by atoms with E-state index in [0.717, 1.165) is 5.56 Å². The Hall–Kier alpha value is -2.92. The molecule has 0 saturated heterocycles. The predicted octanol–water partition coefficient (Wildman–Crippen LogP) is 4.71. The van der Waals surface area contributed by atoms with Crippen molar-refractivity contribution in [3.8, 4) is 17.2 Å². The quantitative estimate of drug-likeness (QED) is 0.528. The molecule has 3 rings (SSSR count). The number of halogens is 1. The minimum absolute atomic E-state index is 0.0125. The number of carbonyl (C=O) groups excluding carboxylic acids is 1. The fourth-order valence-electron chi connectivity index (χ4n) is 2.59. The summed E-state index contributed by atoms with van der Waals surface area (Å²) in [5.74, 6) is -0.435. The van der Waals surface area contributed by atoms with Crippen LogP contribution in [-0.4, -0.2) is 25.1 Å². The van der Waals surface area contributed by atoms with Crippen LogP contribution in [0.15, 0.2) is 47.1 Å². The molecular formula is C19H15ClO5. The van der Waals surface area contributed by atoms with Gasteiger partial charge in [0.15, 0.2) is 17.1 Å². The molecule has 0 unspecified atom stereocenters. The van der Waals surface area contributed by atoms with Gasteiger partial charge < -0.3 is 19.0 Å². The number of methoxy groups -OCH3 is 2. The fraction of sp³-hybridized carbons (Fsp3) is 0.105. The molecule has 3 aromatic rings. The van der Waals surface area contributed by atoms with Gasteiger partial charge in [-0.2, -0.15) is 0 Å². The summed E-state index contributed by atoms with van der Waals surface area (Å²) in [5.41, 5.74) is 1.13. The first-order valence-corrected chi connectivity index (χ1v) is 7.76. The number of benzene rings is 2. The molecule has 5 nitrogen and oxygen atoms in total. The molecule has 6 heteroatoms. The first-order valence-electron chi connectivity index (χ1n) is 7.39. The first kappa shape index (κ1) is 16.9. The molecule has 0 radical (unpaired) electrons. The summed E-state index contributed by atoms with van der Waals surface area (Å²) in [4.78, 5) is 12.7. The topological polar surface area (TPSA) is 68.9 Å². The molecular weight excluding hydrogens is 344 g/mol. The van der Waals surface area contributed by atoms with Gasteiger partial charge in [0.25, 0.3) is 0 Å². The Bertz CT molecular complexity index is 954. The third kappa shape index (κ3) is 3.06. The molecule has 2 aromatic carbocycles. The zero-order valence-corrected chi connectivity index (χ0v) is 14.3. The van der Waals surface area contributed by atoms with E-state index >= 15 is 0 Å². The predicted molar refractivity (Wildman–Crippen MR) is 95.8 cm³/mol. The second-order valence-electron chi connectivity index (χ2n) is 5.20. The lowest BCUT2D eigenvalue weighted by atomic mass is 10.0. The third-order valence-electron chi connectivity index (χ3n) is 3.75. The molecule has 0 aliphatic carbocycles. The highest BCUT2D eigenvalue weighted by molar-refractivity contribution is 6.30. The number of hydrogen-bond donors (Lipinski definition) is 1. The number of carbonyl (C=O) groups is 1. The summed E-state index contributed by atoms with van der Waals surface area (Å²) in [6.45, 7) is 0. The maximum atomic E-state index is 12.7. The lowest BCUT2D eigenvalue weighted by Crippen LogP contribution is -2.02. The van der Waals surface area contributed by atoms with Gasteiger partial charge in [0.05, 0.1) is 25.9 Å². The maximum absolute atomic E-state index is 12.7. The van der Waals surface area contributed by atoms with Crippen LogP contribution in [0.4, 0.5) is 0 Å². The van der Waals surface area contributed by atoms with Gasteiger partial charge in [-0.15, -0.1) is 0 Å². The molecule has 1 heterocycles. The third-order valence-corrected chi connectivity index (χ3v) is 4.00. The molecule has 128 valence electrons. The number of hydrogen-bond acceptors (Lipinski definition) is 5. The number of fused-ring (bicyclic) bond motifs is 1. The van der Waals surface area contributed by atoms with Crippen LogP contribution >= 0.6 is 11.6 Å². The largest absolute Gasteiger partial charge is 0.504 e. The van der Waals surface area contributed by atoms with Crippen LogP contribution in [0.1, 0.15) is 15.9 Å². The van der Waals surface area contributed by atoms with Gasteiger partial charge in [0.1, 0.15) is 11.3 Å². The molecule has 1 aromatic heterocycles. The number of furan rings is 1. The minimum Gasteiger partial charge on any atom is -0.504 e. The Labute approximate surface area is 149 Å². The Balaban J connectivity index is 2.09. The number of ether oxygens (including phenoxy) is 2. The Kier molecular flexibility index (Phi) is 4.67. The van der Waals surface area contributed by atoms with E-state index in [4.69, 9.17) is 25.5 Å². The summed E-state index contributed by atoms with van der Waals surface area (Å²) in [5, 5.41) is 11.6. The van der Waals surface area contributed by atoms with E-state index in [1.54, 1.807) is 36.4 Å². The number of phenolic OH excluding ortho intramolecular Hbond substituents is 1. The number of ketones is 1. The molecule has 25 heavy (non-hydrogen) atoms. The Morgan fingerprint density at radius 2 is 1.80 bits per heavy atom. The van der Waals surface area contributed by atoms with Crippen molar-refractivity contribution in [2.75, 3.05) is 14.2 Å². The summed E-state index contributed by atoms with van der Waals surface area (Å²) in [6, 6.07) is 8.66. The minimum atomic E-state index is -0.425. The van der Waals surface area contributed by atoms with Crippen molar-refractivity contribution in [1.29, 1.82) is 0 Å². The molecule has 0 aliphatic heterocycles. The van der Waals surface area contributed by atoms with Gasteiger partial charge in [0, 0.05) is 5.02 Å². The zero-order valence-electron chi connectivity index (χ0n) is 13.6. The Morgan fingerprint density at radius 1 is 1.12 bits per heavy atom. The van der Waals surface area contributed by atoms with Gasteiger partial charge in [-0.05, 0) is 29.8 Å². The van der Waals surface area contributed by atoms with Crippen molar-refractivity contribution in [2.45, 2.75) is 0 Å². The highest BCUT2D eigenvalue weighted by Crippen LogP contribution is 2.45. The second kappa shape index (κ2) is 6.91. The van der Waals surface area contributed by atoms with Crippen molar-refractivity contribution in [1.82, 2.24) is 0 Å². The van der Waals surface area contributed by atoms with E-state index in [2.05, 4.69) is 0 Å². The van der Waals surface area contributed by atoms with Crippen molar-refractivity contribution >= 4 is 34.4 Å². The molecule has 0 spiro atoms. The molecule has 1 N–H and O–H groups in total. The average molecular weight is 359 g/mol.